The van der Waals surface area contributed by atoms with Crippen molar-refractivity contribution in [3.63, 3.8) is 0 Å². The summed E-state index contributed by atoms with van der Waals surface area (Å²) in [5, 5.41) is 7.47. The lowest BCUT2D eigenvalue weighted by Gasteiger charge is -2.23. The SMILES string of the molecule is Cc1ccc(S(=O)(=O)N2CCCC2C(=N)N)cc1. The van der Waals surface area contributed by atoms with Gasteiger partial charge in [-0.3, -0.25) is 5.41 Å². The number of sulfonamides is 1. The number of hydrogen-bond donors (Lipinski definition) is 2. The number of rotatable bonds is 3. The normalized spacial score (nSPS) is 21.1. The zero-order valence-corrected chi connectivity index (χ0v) is 11.1. The second-order valence-electron chi connectivity index (χ2n) is 4.54. The second-order valence-corrected chi connectivity index (χ2v) is 6.43. The Kier molecular flexibility index (Phi) is 3.41. The average molecular weight is 267 g/mol. The highest BCUT2D eigenvalue weighted by molar-refractivity contribution is 7.89. The lowest BCUT2D eigenvalue weighted by Crippen LogP contribution is -2.43. The first-order valence-corrected chi connectivity index (χ1v) is 7.29. The Morgan fingerprint density at radius 3 is 2.56 bits per heavy atom. The maximum Gasteiger partial charge on any atom is 0.243 e. The predicted octanol–water partition coefficient (Wildman–Crippen LogP) is 1.08. The summed E-state index contributed by atoms with van der Waals surface area (Å²) in [5.41, 5.74) is 6.48. The van der Waals surface area contributed by atoms with E-state index in [1.807, 2.05) is 6.92 Å². The monoisotopic (exact) mass is 267 g/mol. The summed E-state index contributed by atoms with van der Waals surface area (Å²) in [7, 11) is -3.54. The topological polar surface area (TPSA) is 87.2 Å². The van der Waals surface area contributed by atoms with Gasteiger partial charge in [-0.2, -0.15) is 4.31 Å². The summed E-state index contributed by atoms with van der Waals surface area (Å²) in [6, 6.07) is 6.24. The molecule has 1 aliphatic rings. The molecule has 1 saturated heterocycles. The van der Waals surface area contributed by atoms with Gasteiger partial charge in [0.25, 0.3) is 0 Å². The highest BCUT2D eigenvalue weighted by Crippen LogP contribution is 2.26. The van der Waals surface area contributed by atoms with Gasteiger partial charge in [-0.1, -0.05) is 17.7 Å². The van der Waals surface area contributed by atoms with E-state index < -0.39 is 16.1 Å². The lowest BCUT2D eigenvalue weighted by atomic mass is 10.2. The quantitative estimate of drug-likeness (QED) is 0.634. The fourth-order valence-corrected chi connectivity index (χ4v) is 3.86. The number of nitrogens with zero attached hydrogens (tertiary/aromatic N) is 1. The zero-order chi connectivity index (χ0) is 13.3. The van der Waals surface area contributed by atoms with Crippen LogP contribution in [-0.4, -0.2) is 31.1 Å². The third-order valence-electron chi connectivity index (χ3n) is 3.19. The molecule has 0 spiro atoms. The third kappa shape index (κ3) is 2.26. The van der Waals surface area contributed by atoms with Crippen LogP contribution in [0.15, 0.2) is 29.2 Å². The Morgan fingerprint density at radius 2 is 2.00 bits per heavy atom. The molecule has 0 amide bonds. The molecule has 1 aliphatic heterocycles. The van der Waals surface area contributed by atoms with Gasteiger partial charge >= 0.3 is 0 Å². The van der Waals surface area contributed by atoms with Crippen molar-refractivity contribution in [3.05, 3.63) is 29.8 Å². The first-order valence-electron chi connectivity index (χ1n) is 5.85. The van der Waals surface area contributed by atoms with Gasteiger partial charge in [0.2, 0.25) is 10.0 Å². The number of benzene rings is 1. The summed E-state index contributed by atoms with van der Waals surface area (Å²) in [6.07, 6.45) is 1.37. The summed E-state index contributed by atoms with van der Waals surface area (Å²) in [6.45, 7) is 2.34. The van der Waals surface area contributed by atoms with Crippen LogP contribution in [0.3, 0.4) is 0 Å². The molecule has 3 N–H and O–H groups in total. The van der Waals surface area contributed by atoms with Crippen LogP contribution in [0.25, 0.3) is 0 Å². The average Bonchev–Trinajstić information content (AvgIpc) is 2.79. The Morgan fingerprint density at radius 1 is 1.39 bits per heavy atom. The second kappa shape index (κ2) is 4.70. The standard InChI is InChI=1S/C12H17N3O2S/c1-9-4-6-10(7-5-9)18(16,17)15-8-2-3-11(15)12(13)14/h4-7,11H,2-3,8H2,1H3,(H3,13,14). The Balaban J connectivity index is 2.36. The minimum Gasteiger partial charge on any atom is -0.386 e. The molecule has 1 unspecified atom stereocenters. The molecule has 0 radical (unpaired) electrons. The fraction of sp³-hybridized carbons (Fsp3) is 0.417. The van der Waals surface area contributed by atoms with Crippen molar-refractivity contribution >= 4 is 15.9 Å². The van der Waals surface area contributed by atoms with Gasteiger partial charge in [-0.15, -0.1) is 0 Å². The molecule has 1 atom stereocenters. The first-order chi connectivity index (χ1) is 8.43. The summed E-state index contributed by atoms with van der Waals surface area (Å²) in [5.74, 6) is -0.0804. The third-order valence-corrected chi connectivity index (χ3v) is 5.11. The zero-order valence-electron chi connectivity index (χ0n) is 10.3. The van der Waals surface area contributed by atoms with Crippen LogP contribution in [0.4, 0.5) is 0 Å². The summed E-state index contributed by atoms with van der Waals surface area (Å²) >= 11 is 0. The molecule has 0 saturated carbocycles. The van der Waals surface area contributed by atoms with E-state index in [0.717, 1.165) is 12.0 Å². The molecular formula is C12H17N3O2S. The number of amidine groups is 1. The molecule has 1 aromatic rings. The molecule has 18 heavy (non-hydrogen) atoms. The van der Waals surface area contributed by atoms with Crippen molar-refractivity contribution in [2.24, 2.45) is 5.73 Å². The largest absolute Gasteiger partial charge is 0.386 e. The van der Waals surface area contributed by atoms with Crippen molar-refractivity contribution in [2.75, 3.05) is 6.54 Å². The smallest absolute Gasteiger partial charge is 0.243 e. The van der Waals surface area contributed by atoms with Gasteiger partial charge in [0, 0.05) is 6.54 Å². The van der Waals surface area contributed by atoms with Crippen LogP contribution < -0.4 is 5.73 Å². The number of aryl methyl sites for hydroxylation is 1. The van der Waals surface area contributed by atoms with Gasteiger partial charge in [0.15, 0.2) is 0 Å². The molecule has 1 heterocycles. The van der Waals surface area contributed by atoms with Crippen molar-refractivity contribution in [3.8, 4) is 0 Å². The molecule has 2 rings (SSSR count). The minimum atomic E-state index is -3.54. The number of nitrogens with one attached hydrogen (secondary N) is 1. The van der Waals surface area contributed by atoms with E-state index in [-0.39, 0.29) is 10.7 Å². The van der Waals surface area contributed by atoms with Crippen LogP contribution in [0.2, 0.25) is 0 Å². The van der Waals surface area contributed by atoms with E-state index >= 15 is 0 Å². The van der Waals surface area contributed by atoms with Crippen molar-refractivity contribution in [1.29, 1.82) is 5.41 Å². The van der Waals surface area contributed by atoms with Gasteiger partial charge in [0.1, 0.15) is 5.84 Å². The minimum absolute atomic E-state index is 0.0804. The maximum absolute atomic E-state index is 12.4. The molecule has 5 nitrogen and oxygen atoms in total. The summed E-state index contributed by atoms with van der Waals surface area (Å²) in [4.78, 5) is 0.265. The number of nitrogens with two attached hydrogens (primary N) is 1. The van der Waals surface area contributed by atoms with Crippen molar-refractivity contribution in [2.45, 2.75) is 30.7 Å². The molecule has 1 fully saturated rings. The lowest BCUT2D eigenvalue weighted by molar-refractivity contribution is 0.443. The highest BCUT2D eigenvalue weighted by Gasteiger charge is 2.36. The van der Waals surface area contributed by atoms with Crippen LogP contribution >= 0.6 is 0 Å². The van der Waals surface area contributed by atoms with Gasteiger partial charge in [0.05, 0.1) is 10.9 Å². The predicted molar refractivity (Wildman–Crippen MR) is 70.0 cm³/mol. The van der Waals surface area contributed by atoms with E-state index in [4.69, 9.17) is 11.1 Å². The molecule has 0 bridgehead atoms. The van der Waals surface area contributed by atoms with Gasteiger partial charge < -0.3 is 5.73 Å². The van der Waals surface area contributed by atoms with E-state index in [2.05, 4.69) is 0 Å². The Bertz CT molecular complexity index is 551. The number of hydrogen-bond acceptors (Lipinski definition) is 3. The molecular weight excluding hydrogens is 250 g/mol. The Labute approximate surface area is 107 Å². The van der Waals surface area contributed by atoms with Crippen LogP contribution in [0.5, 0.6) is 0 Å². The highest BCUT2D eigenvalue weighted by atomic mass is 32.2. The molecule has 0 aromatic heterocycles. The van der Waals surface area contributed by atoms with Crippen molar-refractivity contribution < 1.29 is 8.42 Å². The first kappa shape index (κ1) is 13.0. The molecule has 1 aromatic carbocycles. The molecule has 98 valence electrons. The molecule has 6 heteroatoms. The van der Waals surface area contributed by atoms with E-state index in [0.29, 0.717) is 13.0 Å². The van der Waals surface area contributed by atoms with Crippen LogP contribution in [0, 0.1) is 12.3 Å². The maximum atomic E-state index is 12.4. The van der Waals surface area contributed by atoms with E-state index in [9.17, 15) is 8.42 Å². The van der Waals surface area contributed by atoms with E-state index in [1.165, 1.54) is 4.31 Å². The van der Waals surface area contributed by atoms with Crippen LogP contribution in [-0.2, 0) is 10.0 Å². The Hall–Kier alpha value is -1.40. The van der Waals surface area contributed by atoms with E-state index in [1.54, 1.807) is 24.3 Å². The van der Waals surface area contributed by atoms with Gasteiger partial charge in [-0.25, -0.2) is 8.42 Å². The van der Waals surface area contributed by atoms with Gasteiger partial charge in [-0.05, 0) is 31.9 Å². The molecule has 0 aliphatic carbocycles. The summed E-state index contributed by atoms with van der Waals surface area (Å²) < 4.78 is 26.2. The van der Waals surface area contributed by atoms with Crippen LogP contribution in [0.1, 0.15) is 18.4 Å². The van der Waals surface area contributed by atoms with Crippen molar-refractivity contribution in [1.82, 2.24) is 4.31 Å². The fourth-order valence-electron chi connectivity index (χ4n) is 2.18.